The number of amides is 1. The smallest absolute Gasteiger partial charge is 0.237 e. The molecule has 3 rings (SSSR count). The number of likely N-dealkylation sites (tertiary alicyclic amines) is 1. The molecule has 0 radical (unpaired) electrons. The van der Waals surface area contributed by atoms with E-state index in [1.807, 2.05) is 18.2 Å². The number of nitrogens with zero attached hydrogens (tertiary/aromatic N) is 1. The number of nitrogens with one attached hydrogen (secondary N) is 1. The number of carbonyl (C=O) groups is 1. The summed E-state index contributed by atoms with van der Waals surface area (Å²) >= 11 is 0. The summed E-state index contributed by atoms with van der Waals surface area (Å²) < 4.78 is 6.19. The molecule has 0 aliphatic carbocycles. The molecule has 2 aromatic carbocycles. The number of hydrazine groups is 1. The van der Waals surface area contributed by atoms with Crippen LogP contribution in [0.15, 0.2) is 54.6 Å². The number of carbonyl (C=O) groups excluding carboxylic acids is 1. The van der Waals surface area contributed by atoms with Crippen molar-refractivity contribution >= 4 is 5.91 Å². The lowest BCUT2D eigenvalue weighted by Gasteiger charge is -2.37. The molecular formula is C21H27N3O2. The Morgan fingerprint density at radius 2 is 1.85 bits per heavy atom. The minimum atomic E-state index is -0.104. The minimum absolute atomic E-state index is 0.0925. The molecule has 3 N–H and O–H groups in total. The van der Waals surface area contributed by atoms with Gasteiger partial charge < -0.3 is 4.74 Å². The van der Waals surface area contributed by atoms with E-state index in [1.165, 1.54) is 11.1 Å². The largest absolute Gasteiger partial charge is 0.475 e. The fourth-order valence-corrected chi connectivity index (χ4v) is 3.49. The van der Waals surface area contributed by atoms with Gasteiger partial charge in [0.25, 0.3) is 0 Å². The van der Waals surface area contributed by atoms with Gasteiger partial charge in [0.2, 0.25) is 5.91 Å². The van der Waals surface area contributed by atoms with Crippen molar-refractivity contribution in [2.75, 3.05) is 13.1 Å². The molecule has 1 amide bonds. The Bertz CT molecular complexity index is 703. The molecule has 0 aromatic heterocycles. The van der Waals surface area contributed by atoms with Gasteiger partial charge in [-0.25, -0.2) is 5.84 Å². The van der Waals surface area contributed by atoms with Crippen LogP contribution in [0.1, 0.15) is 30.9 Å². The maximum absolute atomic E-state index is 11.9. The van der Waals surface area contributed by atoms with Crippen molar-refractivity contribution in [2.24, 2.45) is 11.8 Å². The normalized spacial score (nSPS) is 20.5. The van der Waals surface area contributed by atoms with Crippen LogP contribution < -0.4 is 16.0 Å². The predicted octanol–water partition coefficient (Wildman–Crippen LogP) is 2.70. The molecule has 2 atom stereocenters. The maximum atomic E-state index is 11.9. The van der Waals surface area contributed by atoms with E-state index in [0.717, 1.165) is 31.7 Å². The van der Waals surface area contributed by atoms with Crippen LogP contribution in [0.25, 0.3) is 0 Å². The first-order valence-electron chi connectivity index (χ1n) is 9.23. The second-order valence-electron chi connectivity index (χ2n) is 6.74. The van der Waals surface area contributed by atoms with E-state index in [0.29, 0.717) is 6.42 Å². The lowest BCUT2D eigenvalue weighted by molar-refractivity contribution is -0.130. The van der Waals surface area contributed by atoms with E-state index in [9.17, 15) is 4.79 Å². The van der Waals surface area contributed by atoms with Gasteiger partial charge in [0.1, 0.15) is 5.75 Å². The van der Waals surface area contributed by atoms with Gasteiger partial charge in [0.05, 0.1) is 0 Å². The fraction of sp³-hybridized carbons (Fsp3) is 0.381. The highest BCUT2D eigenvalue weighted by molar-refractivity contribution is 5.78. The zero-order valence-corrected chi connectivity index (χ0v) is 15.2. The number of hydrogen-bond acceptors (Lipinski definition) is 4. The molecule has 1 aliphatic heterocycles. The van der Waals surface area contributed by atoms with Crippen molar-refractivity contribution < 1.29 is 9.53 Å². The number of ether oxygens (including phenoxy) is 1. The molecule has 138 valence electrons. The van der Waals surface area contributed by atoms with Crippen LogP contribution in [0.3, 0.4) is 0 Å². The summed E-state index contributed by atoms with van der Waals surface area (Å²) in [6, 6.07) is 18.6. The average molecular weight is 353 g/mol. The second kappa shape index (κ2) is 8.83. The lowest BCUT2D eigenvalue weighted by atomic mass is 9.94. The van der Waals surface area contributed by atoms with E-state index in [1.54, 1.807) is 0 Å². The molecule has 0 spiro atoms. The molecule has 2 aromatic rings. The molecule has 1 aliphatic rings. The molecule has 1 fully saturated rings. The zero-order valence-electron chi connectivity index (χ0n) is 15.2. The van der Waals surface area contributed by atoms with Crippen LogP contribution in [0.2, 0.25) is 0 Å². The van der Waals surface area contributed by atoms with E-state index in [4.69, 9.17) is 10.6 Å². The van der Waals surface area contributed by atoms with Crippen LogP contribution in [-0.4, -0.2) is 30.1 Å². The summed E-state index contributed by atoms with van der Waals surface area (Å²) in [6.07, 6.45) is 2.27. The van der Waals surface area contributed by atoms with E-state index in [-0.39, 0.29) is 18.1 Å². The van der Waals surface area contributed by atoms with Crippen LogP contribution >= 0.6 is 0 Å². The molecule has 5 heteroatoms. The van der Waals surface area contributed by atoms with Crippen molar-refractivity contribution in [1.82, 2.24) is 10.3 Å². The number of rotatable bonds is 6. The van der Waals surface area contributed by atoms with Gasteiger partial charge in [0.15, 0.2) is 6.23 Å². The van der Waals surface area contributed by atoms with Crippen molar-refractivity contribution in [1.29, 1.82) is 0 Å². The van der Waals surface area contributed by atoms with Gasteiger partial charge in [0, 0.05) is 18.9 Å². The Labute approximate surface area is 155 Å². The van der Waals surface area contributed by atoms with Crippen molar-refractivity contribution in [2.45, 2.75) is 32.4 Å². The van der Waals surface area contributed by atoms with E-state index in [2.05, 4.69) is 53.6 Å². The molecule has 0 bridgehead atoms. The summed E-state index contributed by atoms with van der Waals surface area (Å²) in [7, 11) is 0. The third-order valence-corrected chi connectivity index (χ3v) is 5.02. The summed E-state index contributed by atoms with van der Waals surface area (Å²) in [4.78, 5) is 14.1. The Morgan fingerprint density at radius 1 is 1.15 bits per heavy atom. The van der Waals surface area contributed by atoms with Gasteiger partial charge in [-0.15, -0.1) is 0 Å². The maximum Gasteiger partial charge on any atom is 0.237 e. The van der Waals surface area contributed by atoms with Crippen LogP contribution in [0.4, 0.5) is 0 Å². The van der Waals surface area contributed by atoms with Gasteiger partial charge in [-0.2, -0.15) is 0 Å². The van der Waals surface area contributed by atoms with Crippen LogP contribution in [0.5, 0.6) is 5.75 Å². The van der Waals surface area contributed by atoms with Gasteiger partial charge in [-0.1, -0.05) is 49.4 Å². The lowest BCUT2D eigenvalue weighted by Crippen LogP contribution is -2.49. The summed E-state index contributed by atoms with van der Waals surface area (Å²) in [6.45, 7) is 3.85. The highest BCUT2D eigenvalue weighted by Crippen LogP contribution is 2.26. The standard InChI is InChI=1S/C21H27N3O2/c1-2-24-13-12-18(21(25)23-22)15-20(24)26-19-10-8-17(9-11-19)14-16-6-4-3-5-7-16/h3-11,18,20H,2,12-15,22H2,1H3,(H,23,25). The van der Waals surface area contributed by atoms with Gasteiger partial charge in [-0.3, -0.25) is 15.1 Å². The SMILES string of the molecule is CCN1CCC(C(=O)NN)CC1Oc1ccc(Cc2ccccc2)cc1. The number of piperidine rings is 1. The Balaban J connectivity index is 1.63. The van der Waals surface area contributed by atoms with Crippen LogP contribution in [-0.2, 0) is 11.2 Å². The highest BCUT2D eigenvalue weighted by Gasteiger charge is 2.32. The first-order chi connectivity index (χ1) is 12.7. The number of hydrogen-bond donors (Lipinski definition) is 2. The average Bonchev–Trinajstić information content (AvgIpc) is 2.69. The quantitative estimate of drug-likeness (QED) is 0.476. The molecule has 26 heavy (non-hydrogen) atoms. The predicted molar refractivity (Wildman–Crippen MR) is 102 cm³/mol. The molecular weight excluding hydrogens is 326 g/mol. The van der Waals surface area contributed by atoms with E-state index < -0.39 is 0 Å². The van der Waals surface area contributed by atoms with Crippen molar-refractivity contribution in [3.05, 3.63) is 65.7 Å². The van der Waals surface area contributed by atoms with E-state index >= 15 is 0 Å². The summed E-state index contributed by atoms with van der Waals surface area (Å²) in [5.41, 5.74) is 4.81. The Morgan fingerprint density at radius 3 is 2.50 bits per heavy atom. The Kier molecular flexibility index (Phi) is 6.26. The van der Waals surface area contributed by atoms with Crippen molar-refractivity contribution in [3.63, 3.8) is 0 Å². The zero-order chi connectivity index (χ0) is 18.4. The van der Waals surface area contributed by atoms with Gasteiger partial charge >= 0.3 is 0 Å². The third-order valence-electron chi connectivity index (χ3n) is 5.02. The third kappa shape index (κ3) is 4.62. The van der Waals surface area contributed by atoms with Crippen molar-refractivity contribution in [3.8, 4) is 5.75 Å². The molecule has 1 saturated heterocycles. The monoisotopic (exact) mass is 353 g/mol. The molecule has 1 heterocycles. The fourth-order valence-electron chi connectivity index (χ4n) is 3.49. The van der Waals surface area contributed by atoms with Crippen LogP contribution in [0, 0.1) is 5.92 Å². The topological polar surface area (TPSA) is 67.6 Å². The number of benzene rings is 2. The first kappa shape index (κ1) is 18.4. The second-order valence-corrected chi connectivity index (χ2v) is 6.74. The molecule has 0 saturated carbocycles. The first-order valence-corrected chi connectivity index (χ1v) is 9.23. The summed E-state index contributed by atoms with van der Waals surface area (Å²) in [5, 5.41) is 0. The van der Waals surface area contributed by atoms with Gasteiger partial charge in [-0.05, 0) is 42.6 Å². The highest BCUT2D eigenvalue weighted by atomic mass is 16.5. The molecule has 2 unspecified atom stereocenters. The summed E-state index contributed by atoms with van der Waals surface area (Å²) in [5.74, 6) is 5.93. The number of nitrogens with two attached hydrogens (primary N) is 1. The Hall–Kier alpha value is -2.37. The molecule has 5 nitrogen and oxygen atoms in total. The minimum Gasteiger partial charge on any atom is -0.475 e.